The van der Waals surface area contributed by atoms with Crippen molar-refractivity contribution in [2.75, 3.05) is 32.6 Å². The number of fused-ring (bicyclic) bond motifs is 2. The molecule has 2 amide bonds. The molecule has 0 radical (unpaired) electrons. The predicted octanol–water partition coefficient (Wildman–Crippen LogP) is -0.907. The van der Waals surface area contributed by atoms with Crippen molar-refractivity contribution in [1.82, 2.24) is 14.2 Å². The zero-order chi connectivity index (χ0) is 31.3. The van der Waals surface area contributed by atoms with Crippen LogP contribution in [0.15, 0.2) is 47.5 Å². The molecule has 5 heterocycles. The number of halogens is 1. The lowest BCUT2D eigenvalue weighted by molar-refractivity contribution is -0.718. The first kappa shape index (κ1) is 33.1. The predicted molar refractivity (Wildman–Crippen MR) is 159 cm³/mol. The maximum absolute atomic E-state index is 13.6. The van der Waals surface area contributed by atoms with Gasteiger partial charge in [0.05, 0.1) is 41.1 Å². The van der Waals surface area contributed by atoms with Crippen LogP contribution in [0.3, 0.4) is 0 Å². The van der Waals surface area contributed by atoms with E-state index in [1.165, 1.54) is 52.3 Å². The van der Waals surface area contributed by atoms with Crippen LogP contribution in [0.5, 0.6) is 0 Å². The van der Waals surface area contributed by atoms with Crippen molar-refractivity contribution in [3.8, 4) is 0 Å². The number of rotatable bonds is 9. The lowest BCUT2D eigenvalue weighted by atomic mass is 9.77. The van der Waals surface area contributed by atoms with Gasteiger partial charge in [0.1, 0.15) is 18.5 Å². The zero-order valence-corrected chi connectivity index (χ0v) is 28.0. The summed E-state index contributed by atoms with van der Waals surface area (Å²) in [4.78, 5) is 55.2. The van der Waals surface area contributed by atoms with Gasteiger partial charge in [-0.1, -0.05) is 30.0 Å². The molecule has 0 bridgehead atoms. The molecule has 1 aromatic carbocycles. The number of aromatic nitrogens is 2. The highest BCUT2D eigenvalue weighted by Crippen LogP contribution is 2.52. The van der Waals surface area contributed by atoms with E-state index in [2.05, 4.69) is 0 Å². The van der Waals surface area contributed by atoms with Crippen molar-refractivity contribution < 1.29 is 55.4 Å². The third kappa shape index (κ3) is 5.89. The maximum atomic E-state index is 13.6. The molecule has 3 aliphatic rings. The van der Waals surface area contributed by atoms with Gasteiger partial charge in [0.15, 0.2) is 6.54 Å². The van der Waals surface area contributed by atoms with Crippen LogP contribution in [0.2, 0.25) is 0 Å². The number of non-ortho nitro benzene ring substituents is 1. The number of benzene rings is 1. The van der Waals surface area contributed by atoms with E-state index in [0.717, 1.165) is 14.7 Å². The Kier molecular flexibility index (Phi) is 9.70. The second-order valence-corrected chi connectivity index (χ2v) is 12.9. The fourth-order valence-corrected chi connectivity index (χ4v) is 8.43. The van der Waals surface area contributed by atoms with E-state index in [9.17, 15) is 29.6 Å². The molecular weight excluding hydrogens is 690 g/mol. The van der Waals surface area contributed by atoms with Gasteiger partial charge >= 0.3 is 5.97 Å². The average Bonchev–Trinajstić information content (AvgIpc) is 3.63. The molecule has 0 spiro atoms. The van der Waals surface area contributed by atoms with Crippen molar-refractivity contribution in [2.24, 2.45) is 11.8 Å². The Morgan fingerprint density at radius 2 is 1.96 bits per heavy atom. The summed E-state index contributed by atoms with van der Waals surface area (Å²) in [6.07, 6.45) is 4.83. The normalized spacial score (nSPS) is 21.8. The summed E-state index contributed by atoms with van der Waals surface area (Å²) < 4.78 is 14.9. The number of thiazole rings is 1. The summed E-state index contributed by atoms with van der Waals surface area (Å²) in [7, 11) is 0. The van der Waals surface area contributed by atoms with E-state index in [1.54, 1.807) is 11.8 Å². The lowest BCUT2D eigenvalue weighted by Gasteiger charge is -2.46. The van der Waals surface area contributed by atoms with Gasteiger partial charge in [-0.3, -0.25) is 19.7 Å². The number of amides is 2. The largest absolute Gasteiger partial charge is 1.00 e. The fraction of sp³-hybridized carbons (Fsp3) is 0.448. The van der Waals surface area contributed by atoms with Crippen LogP contribution in [-0.4, -0.2) is 86.7 Å². The number of thioether (sulfide) groups is 1. The quantitative estimate of drug-likeness (QED) is 0.0741. The van der Waals surface area contributed by atoms with Gasteiger partial charge in [0, 0.05) is 36.7 Å². The molecule has 1 N–H and O–H groups in total. The monoisotopic (exact) mass is 721 g/mol. The van der Waals surface area contributed by atoms with Crippen LogP contribution >= 0.6 is 23.1 Å². The number of nitro groups is 1. The molecule has 4 atom stereocenters. The van der Waals surface area contributed by atoms with Gasteiger partial charge in [-0.15, -0.1) is 0 Å². The Hall–Kier alpha value is -3.31. The first-order chi connectivity index (χ1) is 21.1. The van der Waals surface area contributed by atoms with Crippen LogP contribution in [0.25, 0.3) is 10.4 Å². The molecule has 0 aliphatic carbocycles. The topological polar surface area (TPSA) is 148 Å². The summed E-state index contributed by atoms with van der Waals surface area (Å²) in [6, 6.07) is 5.32. The molecule has 240 valence electrons. The van der Waals surface area contributed by atoms with Crippen molar-refractivity contribution in [1.29, 1.82) is 0 Å². The molecule has 0 unspecified atom stereocenters. The molecule has 16 heteroatoms. The van der Waals surface area contributed by atoms with Crippen LogP contribution in [0.1, 0.15) is 24.3 Å². The summed E-state index contributed by atoms with van der Waals surface area (Å²) in [5, 5.41) is 22.3. The second-order valence-electron chi connectivity index (χ2n) is 11.1. The molecule has 13 nitrogen and oxygen atoms in total. The molecule has 2 aromatic heterocycles. The summed E-state index contributed by atoms with van der Waals surface area (Å²) in [5.74, 6) is -1.89. The lowest BCUT2D eigenvalue weighted by Crippen LogP contribution is -3.00. The molecule has 0 saturated carbocycles. The third-order valence-corrected chi connectivity index (χ3v) is 10.5. The summed E-state index contributed by atoms with van der Waals surface area (Å²) in [6.45, 7) is 5.78. The summed E-state index contributed by atoms with van der Waals surface area (Å²) in [5.41, 5.74) is 1.31. The number of hydrogen-bond acceptors (Lipinski definition) is 10. The van der Waals surface area contributed by atoms with Gasteiger partial charge in [0.25, 0.3) is 17.9 Å². The van der Waals surface area contributed by atoms with Crippen molar-refractivity contribution in [3.05, 3.63) is 63.0 Å². The van der Waals surface area contributed by atoms with E-state index in [-0.39, 0.29) is 59.2 Å². The minimum Gasteiger partial charge on any atom is -1.00 e. The minimum atomic E-state index is -0.882. The minimum absolute atomic E-state index is 0. The molecule has 3 aliphatic heterocycles. The maximum Gasteiger partial charge on any atom is 0.355 e. The van der Waals surface area contributed by atoms with Crippen LogP contribution in [0, 0.1) is 22.0 Å². The van der Waals surface area contributed by atoms with Gasteiger partial charge in [-0.05, 0) is 30.9 Å². The second kappa shape index (κ2) is 13.2. The van der Waals surface area contributed by atoms with Crippen molar-refractivity contribution >= 4 is 57.0 Å². The van der Waals surface area contributed by atoms with Crippen LogP contribution in [0.4, 0.5) is 5.69 Å². The number of nitro benzene ring substituents is 1. The highest BCUT2D eigenvalue weighted by molar-refractivity contribution is 7.98. The number of hydrogen-bond donors (Lipinski definition) is 1. The smallest absolute Gasteiger partial charge is 0.355 e. The number of aliphatic hydroxyl groups excluding tert-OH is 1. The highest BCUT2D eigenvalue weighted by Gasteiger charge is 2.60. The SMILES string of the molecule is CSc1c2sc(C3=C(C(=O)OCc4ccc([N+](=O)[O-])cc4)N4C(=O)[C@H]([C@@H](C)O)[C@H]4[C@H]3C)cn2c[n+]1CC(=O)N1CCOCC1.[Br-]. The molecule has 3 aromatic rings. The first-order valence-corrected chi connectivity index (χ1v) is 16.2. The van der Waals surface area contributed by atoms with Crippen LogP contribution < -0.4 is 21.5 Å². The number of nitrogens with zero attached hydrogens (tertiary/aromatic N) is 5. The Morgan fingerprint density at radius 1 is 1.27 bits per heavy atom. The molecule has 2 fully saturated rings. The van der Waals surface area contributed by atoms with E-state index in [0.29, 0.717) is 37.4 Å². The number of morpholine rings is 1. The first-order valence-electron chi connectivity index (χ1n) is 14.2. The molecule has 2 saturated heterocycles. The standard InChI is InChI=1S/C29H32N5O8S2.BrH/c1-16-22(20-12-31-15-32(27(43-3)28(31)44-20)13-21(36)30-8-10-41-11-9-30)25(33-24(16)23(17(2)35)26(33)37)29(38)42-14-18-4-6-19(7-5-18)34(39)40;/h4-7,12,15-17,23-24,35H,8-11,13-14H2,1-3H3;1H/q+1;/p-1/t16-,17+,23+,24+;/m0./s1. The third-order valence-electron chi connectivity index (χ3n) is 8.42. The van der Waals surface area contributed by atoms with Gasteiger partial charge in [-0.2, -0.15) is 4.40 Å². The Labute approximate surface area is 277 Å². The zero-order valence-electron chi connectivity index (χ0n) is 24.8. The fourth-order valence-electron chi connectivity index (χ4n) is 6.25. The molecule has 45 heavy (non-hydrogen) atoms. The van der Waals surface area contributed by atoms with Gasteiger partial charge in [0.2, 0.25) is 15.8 Å². The number of ether oxygens (including phenoxy) is 2. The van der Waals surface area contributed by atoms with E-state index < -0.39 is 29.0 Å². The summed E-state index contributed by atoms with van der Waals surface area (Å²) >= 11 is 2.98. The van der Waals surface area contributed by atoms with Crippen molar-refractivity contribution in [3.63, 3.8) is 0 Å². The number of β-lactam (4-membered cyclic amide) rings is 1. The number of esters is 1. The van der Waals surface area contributed by atoms with Crippen molar-refractivity contribution in [2.45, 2.75) is 44.2 Å². The Morgan fingerprint density at radius 3 is 2.58 bits per heavy atom. The van der Waals surface area contributed by atoms with E-state index >= 15 is 0 Å². The average molecular weight is 723 g/mol. The number of aliphatic hydroxyl groups is 1. The van der Waals surface area contributed by atoms with Gasteiger partial charge < -0.3 is 41.4 Å². The van der Waals surface area contributed by atoms with Gasteiger partial charge in [-0.25, -0.2) is 9.36 Å². The molecular formula is C29H32BrN5O8S2. The number of carbonyl (C=O) groups is 3. The van der Waals surface area contributed by atoms with Crippen LogP contribution in [-0.2, 0) is 37.0 Å². The Bertz CT molecular complexity index is 1680. The van der Waals surface area contributed by atoms with E-state index in [4.69, 9.17) is 9.47 Å². The Balaban J connectivity index is 0.00000400. The number of imidazole rings is 1. The van der Waals surface area contributed by atoms with E-state index in [1.807, 2.05) is 34.7 Å². The molecule has 6 rings (SSSR count). The number of carbonyl (C=O) groups excluding carboxylic acids is 3. The highest BCUT2D eigenvalue weighted by atomic mass is 79.9.